The molecule has 0 spiro atoms. The Hall–Kier alpha value is -1.75. The fraction of sp³-hybridized carbons (Fsp3) is 0.533. The maximum atomic E-state index is 5.50. The molecule has 5 heteroatoms. The lowest BCUT2D eigenvalue weighted by Gasteiger charge is -2.36. The lowest BCUT2D eigenvalue weighted by atomic mass is 9.77. The van der Waals surface area contributed by atoms with Crippen molar-refractivity contribution in [2.24, 2.45) is 5.41 Å². The van der Waals surface area contributed by atoms with Crippen LogP contribution in [-0.2, 0) is 0 Å². The summed E-state index contributed by atoms with van der Waals surface area (Å²) in [6.07, 6.45) is 5.90. The minimum Gasteiger partial charge on any atom is -0.337 e. The summed E-state index contributed by atoms with van der Waals surface area (Å²) in [5.41, 5.74) is 2.16. The molecule has 1 saturated heterocycles. The summed E-state index contributed by atoms with van der Waals surface area (Å²) >= 11 is 0. The topological polar surface area (TPSA) is 63.8 Å². The van der Waals surface area contributed by atoms with Gasteiger partial charge in [-0.3, -0.25) is 4.98 Å². The number of hydrogen-bond donors (Lipinski definition) is 1. The van der Waals surface area contributed by atoms with Crippen molar-refractivity contribution in [3.8, 4) is 11.4 Å². The average molecular weight is 272 g/mol. The zero-order chi connectivity index (χ0) is 14.2. The Morgan fingerprint density at radius 3 is 3.00 bits per heavy atom. The van der Waals surface area contributed by atoms with Crippen molar-refractivity contribution in [3.05, 3.63) is 29.9 Å². The van der Waals surface area contributed by atoms with E-state index in [0.29, 0.717) is 11.7 Å². The molecule has 1 atom stereocenters. The van der Waals surface area contributed by atoms with Gasteiger partial charge in [-0.1, -0.05) is 19.0 Å². The molecule has 0 saturated carbocycles. The first-order valence-electron chi connectivity index (χ1n) is 7.06. The lowest BCUT2D eigenvalue weighted by Crippen LogP contribution is -2.39. The summed E-state index contributed by atoms with van der Waals surface area (Å²) in [4.78, 5) is 8.72. The zero-order valence-electron chi connectivity index (χ0n) is 12.2. The van der Waals surface area contributed by atoms with E-state index in [2.05, 4.69) is 34.3 Å². The largest absolute Gasteiger partial charge is 0.337 e. The van der Waals surface area contributed by atoms with Crippen molar-refractivity contribution in [2.45, 2.75) is 39.7 Å². The van der Waals surface area contributed by atoms with Crippen molar-refractivity contribution in [1.29, 1.82) is 0 Å². The highest BCUT2D eigenvalue weighted by molar-refractivity contribution is 5.57. The van der Waals surface area contributed by atoms with E-state index in [1.807, 2.05) is 13.0 Å². The standard InChI is InChI=1S/C15H20N4O/c1-10-5-8-16-9-11(10)13-18-14(20-19-13)12-15(2,3)6-4-7-17-12/h5,8-9,12,17H,4,6-7H2,1-3H3. The van der Waals surface area contributed by atoms with E-state index in [-0.39, 0.29) is 11.5 Å². The number of aromatic nitrogens is 3. The maximum Gasteiger partial charge on any atom is 0.244 e. The number of piperidine rings is 1. The van der Waals surface area contributed by atoms with Crippen LogP contribution in [0.2, 0.25) is 0 Å². The van der Waals surface area contributed by atoms with Crippen molar-refractivity contribution in [3.63, 3.8) is 0 Å². The summed E-state index contributed by atoms with van der Waals surface area (Å²) in [6.45, 7) is 7.50. The monoisotopic (exact) mass is 272 g/mol. The quantitative estimate of drug-likeness (QED) is 0.910. The van der Waals surface area contributed by atoms with E-state index in [9.17, 15) is 0 Å². The third kappa shape index (κ3) is 2.33. The van der Waals surface area contributed by atoms with Crippen LogP contribution in [0.4, 0.5) is 0 Å². The highest BCUT2D eigenvalue weighted by Gasteiger charge is 2.37. The van der Waals surface area contributed by atoms with E-state index in [1.54, 1.807) is 12.4 Å². The number of aryl methyl sites for hydroxylation is 1. The summed E-state index contributed by atoms with van der Waals surface area (Å²) in [7, 11) is 0. The van der Waals surface area contributed by atoms with E-state index < -0.39 is 0 Å². The summed E-state index contributed by atoms with van der Waals surface area (Å²) in [5, 5.41) is 7.62. The molecule has 0 amide bonds. The summed E-state index contributed by atoms with van der Waals surface area (Å²) in [5.74, 6) is 1.29. The molecule has 1 aliphatic rings. The molecule has 1 fully saturated rings. The van der Waals surface area contributed by atoms with Crippen LogP contribution >= 0.6 is 0 Å². The predicted octanol–water partition coefficient (Wildman–Crippen LogP) is 2.89. The van der Waals surface area contributed by atoms with Crippen molar-refractivity contribution < 1.29 is 4.52 Å². The molecule has 5 nitrogen and oxygen atoms in total. The van der Waals surface area contributed by atoms with Gasteiger partial charge in [-0.2, -0.15) is 4.98 Å². The molecule has 0 aromatic carbocycles. The smallest absolute Gasteiger partial charge is 0.244 e. The Morgan fingerprint density at radius 1 is 1.40 bits per heavy atom. The second kappa shape index (κ2) is 4.98. The van der Waals surface area contributed by atoms with Gasteiger partial charge in [0.1, 0.15) is 0 Å². The fourth-order valence-electron chi connectivity index (χ4n) is 2.79. The first-order valence-corrected chi connectivity index (χ1v) is 7.06. The SMILES string of the molecule is Cc1ccncc1-c1noc(C2NCCCC2(C)C)n1. The van der Waals surface area contributed by atoms with Gasteiger partial charge in [-0.25, -0.2) is 0 Å². The van der Waals surface area contributed by atoms with Gasteiger partial charge in [-0.15, -0.1) is 0 Å². The van der Waals surface area contributed by atoms with Gasteiger partial charge in [-0.05, 0) is 43.4 Å². The van der Waals surface area contributed by atoms with Gasteiger partial charge < -0.3 is 9.84 Å². The number of nitrogens with zero attached hydrogens (tertiary/aromatic N) is 3. The molecule has 2 aromatic heterocycles. The fourth-order valence-corrected chi connectivity index (χ4v) is 2.79. The summed E-state index contributed by atoms with van der Waals surface area (Å²) < 4.78 is 5.50. The zero-order valence-corrected chi connectivity index (χ0v) is 12.2. The average Bonchev–Trinajstić information content (AvgIpc) is 2.88. The van der Waals surface area contributed by atoms with Crippen LogP contribution in [0.25, 0.3) is 11.4 Å². The molecule has 0 aliphatic carbocycles. The highest BCUT2D eigenvalue weighted by Crippen LogP contribution is 2.39. The summed E-state index contributed by atoms with van der Waals surface area (Å²) in [6, 6.07) is 2.07. The Kier molecular flexibility index (Phi) is 3.30. The number of pyridine rings is 1. The first-order chi connectivity index (χ1) is 9.58. The Morgan fingerprint density at radius 2 is 2.25 bits per heavy atom. The van der Waals surface area contributed by atoms with Gasteiger partial charge in [0.25, 0.3) is 0 Å². The van der Waals surface area contributed by atoms with E-state index in [4.69, 9.17) is 4.52 Å². The van der Waals surface area contributed by atoms with Crippen LogP contribution < -0.4 is 5.32 Å². The third-order valence-corrected chi connectivity index (χ3v) is 4.10. The second-order valence-electron chi connectivity index (χ2n) is 6.13. The van der Waals surface area contributed by atoms with Crippen LogP contribution in [0.15, 0.2) is 23.0 Å². The molecule has 20 heavy (non-hydrogen) atoms. The minimum absolute atomic E-state index is 0.120. The number of rotatable bonds is 2. The molecule has 0 radical (unpaired) electrons. The van der Waals surface area contributed by atoms with Crippen LogP contribution in [0.3, 0.4) is 0 Å². The van der Waals surface area contributed by atoms with E-state index >= 15 is 0 Å². The van der Waals surface area contributed by atoms with Crippen LogP contribution in [0, 0.1) is 12.3 Å². The maximum absolute atomic E-state index is 5.50. The van der Waals surface area contributed by atoms with Gasteiger partial charge >= 0.3 is 0 Å². The molecule has 1 unspecified atom stereocenters. The molecule has 106 valence electrons. The molecule has 0 bridgehead atoms. The third-order valence-electron chi connectivity index (χ3n) is 4.10. The Bertz CT molecular complexity index is 605. The number of nitrogens with one attached hydrogen (secondary N) is 1. The first kappa shape index (κ1) is 13.2. The van der Waals surface area contributed by atoms with Crippen LogP contribution in [0.1, 0.15) is 44.2 Å². The molecular formula is C15H20N4O. The minimum atomic E-state index is 0.120. The molecule has 1 aliphatic heterocycles. The second-order valence-corrected chi connectivity index (χ2v) is 6.13. The van der Waals surface area contributed by atoms with E-state index in [1.165, 1.54) is 6.42 Å². The van der Waals surface area contributed by atoms with E-state index in [0.717, 1.165) is 24.1 Å². The molecule has 3 heterocycles. The van der Waals surface area contributed by atoms with Crippen molar-refractivity contribution >= 4 is 0 Å². The normalized spacial score (nSPS) is 21.9. The molecule has 3 rings (SSSR count). The Labute approximate surface area is 118 Å². The molecule has 1 N–H and O–H groups in total. The van der Waals surface area contributed by atoms with Crippen molar-refractivity contribution in [1.82, 2.24) is 20.4 Å². The van der Waals surface area contributed by atoms with Gasteiger partial charge in [0, 0.05) is 18.0 Å². The molecule has 2 aromatic rings. The van der Waals surface area contributed by atoms with Crippen LogP contribution in [-0.4, -0.2) is 21.7 Å². The highest BCUT2D eigenvalue weighted by atomic mass is 16.5. The van der Waals surface area contributed by atoms with Crippen LogP contribution in [0.5, 0.6) is 0 Å². The number of hydrogen-bond acceptors (Lipinski definition) is 5. The lowest BCUT2D eigenvalue weighted by molar-refractivity contribution is 0.146. The van der Waals surface area contributed by atoms with Gasteiger partial charge in [0.15, 0.2) is 0 Å². The van der Waals surface area contributed by atoms with Crippen molar-refractivity contribution in [2.75, 3.05) is 6.54 Å². The van der Waals surface area contributed by atoms with Gasteiger partial charge in [0.05, 0.1) is 6.04 Å². The Balaban J connectivity index is 1.92. The predicted molar refractivity (Wildman–Crippen MR) is 76.0 cm³/mol. The van der Waals surface area contributed by atoms with Gasteiger partial charge in [0.2, 0.25) is 11.7 Å². The molecular weight excluding hydrogens is 252 g/mol.